The lowest BCUT2D eigenvalue weighted by atomic mass is 10.0. The van der Waals surface area contributed by atoms with E-state index in [-0.39, 0.29) is 11.9 Å². The van der Waals surface area contributed by atoms with E-state index in [0.717, 1.165) is 18.7 Å². The lowest BCUT2D eigenvalue weighted by Gasteiger charge is -2.35. The molecule has 5 heteroatoms. The van der Waals surface area contributed by atoms with Crippen LogP contribution in [-0.2, 0) is 0 Å². The van der Waals surface area contributed by atoms with Crippen molar-refractivity contribution < 1.29 is 4.39 Å². The van der Waals surface area contributed by atoms with Gasteiger partial charge in [-0.1, -0.05) is 12.5 Å². The van der Waals surface area contributed by atoms with Gasteiger partial charge in [0.1, 0.15) is 0 Å². The Balaban J connectivity index is 1.75. The molecular weight excluding hydrogens is 279 g/mol. The van der Waals surface area contributed by atoms with Crippen LogP contribution in [0.2, 0.25) is 0 Å². The van der Waals surface area contributed by atoms with E-state index in [9.17, 15) is 4.39 Å². The van der Waals surface area contributed by atoms with Crippen LogP contribution in [0, 0.1) is 5.82 Å². The summed E-state index contributed by atoms with van der Waals surface area (Å²) in [6.45, 7) is 2.78. The van der Waals surface area contributed by atoms with Gasteiger partial charge in [0.05, 0.1) is 6.04 Å². The molecule has 0 aromatic carbocycles. The maximum atomic E-state index is 13.7. The van der Waals surface area contributed by atoms with Crippen LogP contribution in [-0.4, -0.2) is 34.5 Å². The third kappa shape index (κ3) is 3.60. The molecule has 1 atom stereocenters. The van der Waals surface area contributed by atoms with E-state index < -0.39 is 0 Å². The Morgan fingerprint density at radius 3 is 2.68 bits per heavy atom. The van der Waals surface area contributed by atoms with Gasteiger partial charge in [0, 0.05) is 25.1 Å². The largest absolute Gasteiger partial charge is 0.366 e. The molecule has 1 aliphatic rings. The molecule has 0 spiro atoms. The van der Waals surface area contributed by atoms with Gasteiger partial charge in [0.25, 0.3) is 0 Å². The van der Waals surface area contributed by atoms with Gasteiger partial charge in [-0.15, -0.1) is 0 Å². The number of nitrogens with zero attached hydrogens (tertiary/aromatic N) is 3. The second kappa shape index (κ2) is 7.31. The predicted octanol–water partition coefficient (Wildman–Crippen LogP) is 3.25. The van der Waals surface area contributed by atoms with Crippen molar-refractivity contribution in [3.63, 3.8) is 0 Å². The molecular formula is C17H21FN4. The van der Waals surface area contributed by atoms with E-state index in [2.05, 4.69) is 26.3 Å². The SMILES string of the molecule is Fc1cccnc1NCC(c1cccnc1)N1CCCCC1. The molecule has 0 bridgehead atoms. The van der Waals surface area contributed by atoms with E-state index >= 15 is 0 Å². The van der Waals surface area contributed by atoms with Crippen molar-refractivity contribution in [2.75, 3.05) is 25.0 Å². The third-order valence-corrected chi connectivity index (χ3v) is 4.12. The fourth-order valence-corrected chi connectivity index (χ4v) is 2.97. The quantitative estimate of drug-likeness (QED) is 0.920. The molecule has 1 saturated heterocycles. The van der Waals surface area contributed by atoms with E-state index in [4.69, 9.17) is 0 Å². The summed E-state index contributed by atoms with van der Waals surface area (Å²) in [5.41, 5.74) is 1.16. The second-order valence-electron chi connectivity index (χ2n) is 5.61. The molecule has 1 aliphatic heterocycles. The molecule has 3 heterocycles. The molecule has 0 amide bonds. The van der Waals surface area contributed by atoms with Gasteiger partial charge >= 0.3 is 0 Å². The highest BCUT2D eigenvalue weighted by Crippen LogP contribution is 2.24. The number of aromatic nitrogens is 2. The van der Waals surface area contributed by atoms with Crippen molar-refractivity contribution >= 4 is 5.82 Å². The molecule has 0 radical (unpaired) electrons. The molecule has 4 nitrogen and oxygen atoms in total. The lowest BCUT2D eigenvalue weighted by Crippen LogP contribution is -2.37. The molecule has 2 aromatic heterocycles. The number of halogens is 1. The predicted molar refractivity (Wildman–Crippen MR) is 85.1 cm³/mol. The van der Waals surface area contributed by atoms with Gasteiger partial charge in [0.15, 0.2) is 11.6 Å². The molecule has 0 aliphatic carbocycles. The molecule has 1 unspecified atom stereocenters. The van der Waals surface area contributed by atoms with Crippen LogP contribution in [0.15, 0.2) is 42.9 Å². The van der Waals surface area contributed by atoms with Crippen molar-refractivity contribution in [3.05, 3.63) is 54.2 Å². The summed E-state index contributed by atoms with van der Waals surface area (Å²) >= 11 is 0. The summed E-state index contributed by atoms with van der Waals surface area (Å²) in [6, 6.07) is 7.26. The minimum absolute atomic E-state index is 0.190. The highest BCUT2D eigenvalue weighted by molar-refractivity contribution is 5.36. The summed E-state index contributed by atoms with van der Waals surface area (Å²) in [5, 5.41) is 3.15. The fraction of sp³-hybridized carbons (Fsp3) is 0.412. The Labute approximate surface area is 130 Å². The van der Waals surface area contributed by atoms with Crippen molar-refractivity contribution in [2.45, 2.75) is 25.3 Å². The Morgan fingerprint density at radius 2 is 1.95 bits per heavy atom. The standard InChI is InChI=1S/C17H21FN4/c18-15-7-5-9-20-17(15)21-13-16(14-6-4-8-19-12-14)22-10-2-1-3-11-22/h4-9,12,16H,1-3,10-11,13H2,(H,20,21). The number of rotatable bonds is 5. The van der Waals surface area contributed by atoms with Gasteiger partial charge in [-0.2, -0.15) is 0 Å². The third-order valence-electron chi connectivity index (χ3n) is 4.12. The van der Waals surface area contributed by atoms with Crippen LogP contribution >= 0.6 is 0 Å². The first-order chi connectivity index (χ1) is 10.8. The topological polar surface area (TPSA) is 41.1 Å². The van der Waals surface area contributed by atoms with Crippen molar-refractivity contribution in [3.8, 4) is 0 Å². The molecule has 3 rings (SSSR count). The first-order valence-corrected chi connectivity index (χ1v) is 7.83. The van der Waals surface area contributed by atoms with Crippen molar-refractivity contribution in [1.82, 2.24) is 14.9 Å². The van der Waals surface area contributed by atoms with Gasteiger partial charge in [0.2, 0.25) is 0 Å². The minimum Gasteiger partial charge on any atom is -0.366 e. The zero-order valence-electron chi connectivity index (χ0n) is 12.6. The van der Waals surface area contributed by atoms with E-state index in [1.165, 1.54) is 25.3 Å². The van der Waals surface area contributed by atoms with Crippen LogP contribution < -0.4 is 5.32 Å². The molecule has 116 valence electrons. The summed E-state index contributed by atoms with van der Waals surface area (Å²) in [7, 11) is 0. The highest BCUT2D eigenvalue weighted by Gasteiger charge is 2.22. The van der Waals surface area contributed by atoms with Crippen molar-refractivity contribution in [1.29, 1.82) is 0 Å². The normalized spacial score (nSPS) is 17.1. The molecule has 1 fully saturated rings. The van der Waals surface area contributed by atoms with Gasteiger partial charge in [-0.3, -0.25) is 9.88 Å². The average molecular weight is 300 g/mol. The van der Waals surface area contributed by atoms with Crippen LogP contribution in [0.5, 0.6) is 0 Å². The molecule has 22 heavy (non-hydrogen) atoms. The zero-order valence-corrected chi connectivity index (χ0v) is 12.6. The summed E-state index contributed by atoms with van der Waals surface area (Å²) in [6.07, 6.45) is 9.01. The second-order valence-corrected chi connectivity index (χ2v) is 5.61. The minimum atomic E-state index is -0.314. The number of nitrogens with one attached hydrogen (secondary N) is 1. The fourth-order valence-electron chi connectivity index (χ4n) is 2.97. The van der Waals surface area contributed by atoms with Gasteiger partial charge in [-0.05, 0) is 49.7 Å². The summed E-state index contributed by atoms with van der Waals surface area (Å²) < 4.78 is 13.7. The van der Waals surface area contributed by atoms with E-state index in [0.29, 0.717) is 12.4 Å². The Morgan fingerprint density at radius 1 is 1.14 bits per heavy atom. The monoisotopic (exact) mass is 300 g/mol. The highest BCUT2D eigenvalue weighted by atomic mass is 19.1. The molecule has 1 N–H and O–H groups in total. The number of likely N-dealkylation sites (tertiary alicyclic amines) is 1. The number of pyridine rings is 2. The van der Waals surface area contributed by atoms with Gasteiger partial charge in [-0.25, -0.2) is 9.37 Å². The maximum absolute atomic E-state index is 13.7. The van der Waals surface area contributed by atoms with Crippen LogP contribution in [0.3, 0.4) is 0 Å². The number of hydrogen-bond acceptors (Lipinski definition) is 4. The zero-order chi connectivity index (χ0) is 15.2. The van der Waals surface area contributed by atoms with E-state index in [1.807, 2.05) is 12.3 Å². The first-order valence-electron chi connectivity index (χ1n) is 7.83. The lowest BCUT2D eigenvalue weighted by molar-refractivity contribution is 0.170. The summed E-state index contributed by atoms with van der Waals surface area (Å²) in [5.74, 6) is -0.000481. The molecule has 0 saturated carbocycles. The van der Waals surface area contributed by atoms with Crippen LogP contribution in [0.1, 0.15) is 30.9 Å². The Hall–Kier alpha value is -2.01. The number of piperidine rings is 1. The van der Waals surface area contributed by atoms with Crippen LogP contribution in [0.4, 0.5) is 10.2 Å². The van der Waals surface area contributed by atoms with Crippen LogP contribution in [0.25, 0.3) is 0 Å². The summed E-state index contributed by atoms with van der Waals surface area (Å²) in [4.78, 5) is 10.8. The smallest absolute Gasteiger partial charge is 0.165 e. The Kier molecular flexibility index (Phi) is 4.96. The van der Waals surface area contributed by atoms with Gasteiger partial charge < -0.3 is 5.32 Å². The molecule has 2 aromatic rings. The Bertz CT molecular complexity index is 584. The van der Waals surface area contributed by atoms with E-state index in [1.54, 1.807) is 18.5 Å². The average Bonchev–Trinajstić information content (AvgIpc) is 2.59. The maximum Gasteiger partial charge on any atom is 0.165 e. The number of hydrogen-bond donors (Lipinski definition) is 1. The van der Waals surface area contributed by atoms with Crippen molar-refractivity contribution in [2.24, 2.45) is 0 Å². The first kappa shape index (κ1) is 14.9. The number of anilines is 1.